The fraction of sp³-hybridized carbons (Fsp3) is 0.179. The van der Waals surface area contributed by atoms with Gasteiger partial charge in [0.05, 0.1) is 17.8 Å². The van der Waals surface area contributed by atoms with Crippen LogP contribution in [0.15, 0.2) is 82.7 Å². The molecule has 2 aliphatic heterocycles. The number of hydrogen-bond donors (Lipinski definition) is 3. The molecule has 1 atom stereocenters. The number of nitrogens with zero attached hydrogens (tertiary/aromatic N) is 1. The van der Waals surface area contributed by atoms with E-state index in [1.165, 1.54) is 11.8 Å². The van der Waals surface area contributed by atoms with Gasteiger partial charge in [0.2, 0.25) is 0 Å². The second-order valence-electron chi connectivity index (χ2n) is 8.83. The van der Waals surface area contributed by atoms with Gasteiger partial charge in [0, 0.05) is 38.5 Å². The molecule has 37 heavy (non-hydrogen) atoms. The summed E-state index contributed by atoms with van der Waals surface area (Å²) in [7, 11) is 0. The molecule has 0 unspecified atom stereocenters. The average Bonchev–Trinajstić information content (AvgIpc) is 3.59. The molecular formula is C28H24N4O3S2. The molecule has 3 N–H and O–H groups in total. The maximum absolute atomic E-state index is 12.9. The van der Waals surface area contributed by atoms with Crippen LogP contribution in [0.4, 0.5) is 5.69 Å². The van der Waals surface area contributed by atoms with Crippen LogP contribution in [0.2, 0.25) is 0 Å². The third kappa shape index (κ3) is 5.24. The van der Waals surface area contributed by atoms with E-state index in [-0.39, 0.29) is 17.9 Å². The minimum atomic E-state index is -0.207. The molecule has 1 saturated heterocycles. The smallest absolute Gasteiger partial charge is 0.256 e. The van der Waals surface area contributed by atoms with Gasteiger partial charge in [-0.25, -0.2) is 4.98 Å². The molecule has 0 radical (unpaired) electrons. The summed E-state index contributed by atoms with van der Waals surface area (Å²) in [6.07, 6.45) is 3.04. The Morgan fingerprint density at radius 1 is 1.08 bits per heavy atom. The number of rotatable bonds is 6. The van der Waals surface area contributed by atoms with Gasteiger partial charge >= 0.3 is 0 Å². The summed E-state index contributed by atoms with van der Waals surface area (Å²) in [6.45, 7) is 2.25. The topological polar surface area (TPSA) is 92.3 Å². The number of nitrogens with one attached hydrogen (secondary N) is 3. The molecule has 186 valence electrons. The maximum atomic E-state index is 12.9. The number of fused-ring (bicyclic) bond motifs is 2. The van der Waals surface area contributed by atoms with Crippen LogP contribution in [0.25, 0.3) is 10.6 Å². The van der Waals surface area contributed by atoms with E-state index in [2.05, 4.69) is 20.9 Å². The van der Waals surface area contributed by atoms with Crippen LogP contribution in [-0.2, 0) is 6.54 Å². The highest BCUT2D eigenvalue weighted by atomic mass is 32.2. The van der Waals surface area contributed by atoms with Crippen LogP contribution in [-0.4, -0.2) is 36.0 Å². The highest BCUT2D eigenvalue weighted by Crippen LogP contribution is 2.39. The third-order valence-corrected chi connectivity index (χ3v) is 8.44. The lowest BCUT2D eigenvalue weighted by Crippen LogP contribution is -2.22. The Kier molecular flexibility index (Phi) is 6.65. The Balaban J connectivity index is 1.09. The minimum absolute atomic E-state index is 0.174. The van der Waals surface area contributed by atoms with Crippen molar-refractivity contribution in [2.75, 3.05) is 18.4 Å². The molecule has 4 aromatic rings. The van der Waals surface area contributed by atoms with Crippen LogP contribution >= 0.6 is 23.1 Å². The van der Waals surface area contributed by atoms with Crippen molar-refractivity contribution in [2.45, 2.75) is 28.9 Å². The van der Waals surface area contributed by atoms with Gasteiger partial charge in [-0.15, -0.1) is 11.3 Å². The molecule has 0 aliphatic carbocycles. The highest BCUT2D eigenvalue weighted by Gasteiger charge is 2.21. The number of amides is 2. The molecule has 2 aliphatic rings. The van der Waals surface area contributed by atoms with Gasteiger partial charge in [0.1, 0.15) is 16.9 Å². The first-order valence-electron chi connectivity index (χ1n) is 12.1. The van der Waals surface area contributed by atoms with Gasteiger partial charge in [-0.3, -0.25) is 9.59 Å². The van der Waals surface area contributed by atoms with Gasteiger partial charge in [-0.2, -0.15) is 0 Å². The van der Waals surface area contributed by atoms with E-state index >= 15 is 0 Å². The summed E-state index contributed by atoms with van der Waals surface area (Å²) in [5.41, 5.74) is 2.77. The van der Waals surface area contributed by atoms with Crippen LogP contribution < -0.4 is 20.7 Å². The van der Waals surface area contributed by atoms with Crippen LogP contribution in [0, 0.1) is 0 Å². The van der Waals surface area contributed by atoms with E-state index in [0.29, 0.717) is 23.4 Å². The third-order valence-electron chi connectivity index (χ3n) is 6.24. The number of hydrogen-bond acceptors (Lipinski definition) is 7. The predicted octanol–water partition coefficient (Wildman–Crippen LogP) is 5.20. The molecule has 9 heteroatoms. The zero-order valence-electron chi connectivity index (χ0n) is 19.8. The van der Waals surface area contributed by atoms with Crippen molar-refractivity contribution in [1.82, 2.24) is 15.6 Å². The summed E-state index contributed by atoms with van der Waals surface area (Å²) in [4.78, 5) is 32.8. The molecule has 1 aromatic heterocycles. The van der Waals surface area contributed by atoms with Crippen molar-refractivity contribution < 1.29 is 14.3 Å². The van der Waals surface area contributed by atoms with Crippen molar-refractivity contribution >= 4 is 40.6 Å². The van der Waals surface area contributed by atoms with Crippen LogP contribution in [0.5, 0.6) is 5.75 Å². The number of carbonyl (C=O) groups excluding carboxylic acids is 2. The Labute approximate surface area is 222 Å². The number of carbonyl (C=O) groups is 2. The van der Waals surface area contributed by atoms with Crippen LogP contribution in [0.1, 0.15) is 32.0 Å². The highest BCUT2D eigenvalue weighted by molar-refractivity contribution is 7.99. The summed E-state index contributed by atoms with van der Waals surface area (Å²) >= 11 is 3.06. The molecule has 3 aromatic carbocycles. The first-order chi connectivity index (χ1) is 18.1. The lowest BCUT2D eigenvalue weighted by Gasteiger charge is -2.12. The lowest BCUT2D eigenvalue weighted by atomic mass is 10.1. The largest absolute Gasteiger partial charge is 0.489 e. The minimum Gasteiger partial charge on any atom is -0.489 e. The monoisotopic (exact) mass is 528 g/mol. The molecule has 0 bridgehead atoms. The Bertz CT molecular complexity index is 1460. The Morgan fingerprint density at radius 2 is 1.95 bits per heavy atom. The maximum Gasteiger partial charge on any atom is 0.256 e. The zero-order valence-corrected chi connectivity index (χ0v) is 21.5. The van der Waals surface area contributed by atoms with E-state index in [9.17, 15) is 9.59 Å². The second kappa shape index (κ2) is 10.4. The molecule has 7 nitrogen and oxygen atoms in total. The van der Waals surface area contributed by atoms with Gasteiger partial charge < -0.3 is 20.7 Å². The molecule has 0 spiro atoms. The molecule has 0 saturated carbocycles. The zero-order chi connectivity index (χ0) is 25.2. The molecule has 1 fully saturated rings. The molecular weight excluding hydrogens is 504 g/mol. The average molecular weight is 529 g/mol. The standard InChI is InChI=1S/C28H24N4O3S2/c33-26(18-7-10-25-23(13-18)32-27(34)22-3-1-2-4-24(22)37-25)30-15-21-16-31-28(36-21)17-5-8-19(9-6-17)35-20-11-12-29-14-20/h1-10,13,16,20,29H,11-12,14-15H2,(H,30,33)(H,32,34)/t20-/m0/s1. The second-order valence-corrected chi connectivity index (χ2v) is 11.0. The first-order valence-corrected chi connectivity index (χ1v) is 13.7. The van der Waals surface area contributed by atoms with E-state index in [1.54, 1.807) is 35.7 Å². The quantitative estimate of drug-likeness (QED) is 0.319. The van der Waals surface area contributed by atoms with Crippen molar-refractivity contribution in [3.8, 4) is 16.3 Å². The Hall–Kier alpha value is -3.66. The normalized spacial score (nSPS) is 16.3. The van der Waals surface area contributed by atoms with Crippen LogP contribution in [0.3, 0.4) is 0 Å². The SMILES string of the molecule is O=C(NCc1cnc(-c2ccc(O[C@H]3CCNC3)cc2)s1)c1ccc2c(c1)NC(=O)c1ccccc1S2. The van der Waals surface area contributed by atoms with E-state index < -0.39 is 0 Å². The first kappa shape index (κ1) is 23.7. The van der Waals surface area contributed by atoms with Gasteiger partial charge in [-0.1, -0.05) is 23.9 Å². The number of benzene rings is 3. The fourth-order valence-corrected chi connectivity index (χ4v) is 6.17. The number of thiazole rings is 1. The Morgan fingerprint density at radius 3 is 2.78 bits per heavy atom. The summed E-state index contributed by atoms with van der Waals surface area (Å²) in [5.74, 6) is 0.481. The lowest BCUT2D eigenvalue weighted by molar-refractivity contribution is 0.0949. The molecule has 2 amide bonds. The summed E-state index contributed by atoms with van der Waals surface area (Å²) in [5, 5.41) is 10.1. The van der Waals surface area contributed by atoms with Gasteiger partial charge in [0.25, 0.3) is 11.8 Å². The predicted molar refractivity (Wildman–Crippen MR) is 146 cm³/mol. The van der Waals surface area contributed by atoms with Gasteiger partial charge in [-0.05, 0) is 67.6 Å². The number of aromatic nitrogens is 1. The number of anilines is 1. The van der Waals surface area contributed by atoms with Crippen molar-refractivity contribution in [3.63, 3.8) is 0 Å². The van der Waals surface area contributed by atoms with Gasteiger partial charge in [0.15, 0.2) is 0 Å². The van der Waals surface area contributed by atoms with E-state index in [1.807, 2.05) is 48.5 Å². The fourth-order valence-electron chi connectivity index (χ4n) is 4.30. The summed E-state index contributed by atoms with van der Waals surface area (Å²) in [6, 6.07) is 20.8. The summed E-state index contributed by atoms with van der Waals surface area (Å²) < 4.78 is 5.99. The van der Waals surface area contributed by atoms with E-state index in [4.69, 9.17) is 4.74 Å². The molecule has 3 heterocycles. The number of ether oxygens (including phenoxy) is 1. The van der Waals surface area contributed by atoms with Crippen molar-refractivity contribution in [3.05, 3.63) is 88.9 Å². The van der Waals surface area contributed by atoms with Crippen molar-refractivity contribution in [1.29, 1.82) is 0 Å². The van der Waals surface area contributed by atoms with Crippen molar-refractivity contribution in [2.24, 2.45) is 0 Å². The molecule has 6 rings (SSSR count). The van der Waals surface area contributed by atoms with E-state index in [0.717, 1.165) is 50.5 Å².